The molecule has 2 N–H and O–H groups in total. The van der Waals surface area contributed by atoms with Gasteiger partial charge >= 0.3 is 0 Å². The SMILES string of the molecule is CCC(C)NC(=O)C1Cc2c([nH]c3ccccc23)C2c3ccccc3C(=O)N12. The van der Waals surface area contributed by atoms with Gasteiger partial charge in [-0.1, -0.05) is 43.3 Å². The van der Waals surface area contributed by atoms with Crippen LogP contribution in [0.1, 0.15) is 53.5 Å². The highest BCUT2D eigenvalue weighted by atomic mass is 16.2. The number of aromatic amines is 1. The molecule has 0 spiro atoms. The van der Waals surface area contributed by atoms with Gasteiger partial charge in [0.1, 0.15) is 6.04 Å². The molecule has 3 aromatic rings. The fourth-order valence-electron chi connectivity index (χ4n) is 4.58. The predicted octanol–water partition coefficient (Wildman–Crippen LogP) is 3.55. The van der Waals surface area contributed by atoms with Gasteiger partial charge in [-0.2, -0.15) is 0 Å². The summed E-state index contributed by atoms with van der Waals surface area (Å²) < 4.78 is 0. The van der Waals surface area contributed by atoms with Crippen molar-refractivity contribution >= 4 is 22.7 Å². The number of nitrogens with one attached hydrogen (secondary N) is 2. The van der Waals surface area contributed by atoms with Crippen LogP contribution in [0.15, 0.2) is 48.5 Å². The summed E-state index contributed by atoms with van der Waals surface area (Å²) in [4.78, 5) is 31.7. The van der Waals surface area contributed by atoms with Gasteiger partial charge in [-0.05, 0) is 36.6 Å². The Hall–Kier alpha value is -3.08. The van der Waals surface area contributed by atoms with Crippen LogP contribution in [0.2, 0.25) is 0 Å². The molecule has 3 unspecified atom stereocenters. The Morgan fingerprint density at radius 2 is 1.96 bits per heavy atom. The molecule has 3 atom stereocenters. The molecule has 142 valence electrons. The number of rotatable bonds is 3. The van der Waals surface area contributed by atoms with E-state index in [2.05, 4.69) is 22.4 Å². The number of fused-ring (bicyclic) bond motifs is 7. The third-order valence-corrected chi connectivity index (χ3v) is 6.16. The van der Waals surface area contributed by atoms with E-state index in [-0.39, 0.29) is 23.9 Å². The van der Waals surface area contributed by atoms with Gasteiger partial charge in [-0.15, -0.1) is 0 Å². The molecule has 0 saturated carbocycles. The number of amides is 2. The van der Waals surface area contributed by atoms with E-state index in [0.29, 0.717) is 12.0 Å². The van der Waals surface area contributed by atoms with E-state index in [9.17, 15) is 9.59 Å². The van der Waals surface area contributed by atoms with E-state index in [4.69, 9.17) is 0 Å². The maximum atomic E-state index is 13.3. The number of nitrogens with zero attached hydrogens (tertiary/aromatic N) is 1. The van der Waals surface area contributed by atoms with Crippen molar-refractivity contribution in [3.05, 3.63) is 70.9 Å². The first-order valence-electron chi connectivity index (χ1n) is 9.91. The predicted molar refractivity (Wildman–Crippen MR) is 108 cm³/mol. The Balaban J connectivity index is 1.69. The Morgan fingerprint density at radius 1 is 1.21 bits per heavy atom. The fraction of sp³-hybridized carbons (Fsp3) is 0.304. The highest BCUT2D eigenvalue weighted by Crippen LogP contribution is 2.46. The summed E-state index contributed by atoms with van der Waals surface area (Å²) in [5.41, 5.74) is 4.90. The molecule has 0 saturated heterocycles. The lowest BCUT2D eigenvalue weighted by Gasteiger charge is -2.37. The van der Waals surface area contributed by atoms with Gasteiger partial charge in [0.15, 0.2) is 0 Å². The van der Waals surface area contributed by atoms with Crippen LogP contribution in [0.5, 0.6) is 0 Å². The van der Waals surface area contributed by atoms with Crippen LogP contribution in [-0.2, 0) is 11.2 Å². The Labute approximate surface area is 163 Å². The summed E-state index contributed by atoms with van der Waals surface area (Å²) in [6.07, 6.45) is 1.38. The molecule has 2 aliphatic heterocycles. The van der Waals surface area contributed by atoms with Gasteiger partial charge in [0.2, 0.25) is 5.91 Å². The highest BCUT2D eigenvalue weighted by molar-refractivity contribution is 6.03. The van der Waals surface area contributed by atoms with Gasteiger partial charge < -0.3 is 15.2 Å². The number of para-hydroxylation sites is 1. The molecule has 5 heteroatoms. The molecule has 0 bridgehead atoms. The zero-order valence-electron chi connectivity index (χ0n) is 16.0. The van der Waals surface area contributed by atoms with Gasteiger partial charge in [0.25, 0.3) is 5.91 Å². The van der Waals surface area contributed by atoms with Gasteiger partial charge in [0, 0.05) is 34.6 Å². The summed E-state index contributed by atoms with van der Waals surface area (Å²) >= 11 is 0. The maximum absolute atomic E-state index is 13.3. The number of H-pyrrole nitrogens is 1. The molecule has 0 aliphatic carbocycles. The summed E-state index contributed by atoms with van der Waals surface area (Å²) in [5, 5.41) is 4.22. The molecule has 5 rings (SSSR count). The minimum Gasteiger partial charge on any atom is -0.356 e. The standard InChI is InChI=1S/C23H23N3O2/c1-3-13(2)24-22(27)19-12-17-14-8-6-7-11-18(14)25-20(17)21-15-9-4-5-10-16(15)23(28)26(19)21/h4-11,13,19,21,25H,3,12H2,1-2H3,(H,24,27). The summed E-state index contributed by atoms with van der Waals surface area (Å²) in [7, 11) is 0. The molecule has 1 aromatic heterocycles. The Morgan fingerprint density at radius 3 is 2.79 bits per heavy atom. The Kier molecular flexibility index (Phi) is 3.79. The number of aromatic nitrogens is 1. The van der Waals surface area contributed by atoms with Crippen LogP contribution < -0.4 is 5.32 Å². The first-order chi connectivity index (χ1) is 13.6. The van der Waals surface area contributed by atoms with E-state index in [1.54, 1.807) is 4.90 Å². The molecule has 5 nitrogen and oxygen atoms in total. The van der Waals surface area contributed by atoms with Gasteiger partial charge in [0.05, 0.1) is 6.04 Å². The molecule has 2 amide bonds. The monoisotopic (exact) mass is 373 g/mol. The van der Waals surface area contributed by atoms with Crippen molar-refractivity contribution in [2.45, 2.75) is 44.8 Å². The number of carbonyl (C=O) groups excluding carboxylic acids is 2. The average molecular weight is 373 g/mol. The molecule has 2 aromatic carbocycles. The first kappa shape index (κ1) is 17.0. The summed E-state index contributed by atoms with van der Waals surface area (Å²) in [6, 6.07) is 15.2. The molecule has 3 heterocycles. The van der Waals surface area contributed by atoms with Crippen molar-refractivity contribution in [3.8, 4) is 0 Å². The van der Waals surface area contributed by atoms with Crippen LogP contribution in [0.3, 0.4) is 0 Å². The van der Waals surface area contributed by atoms with E-state index in [1.807, 2.05) is 50.2 Å². The zero-order chi connectivity index (χ0) is 19.4. The second-order valence-electron chi connectivity index (χ2n) is 7.80. The second kappa shape index (κ2) is 6.23. The number of carbonyl (C=O) groups is 2. The lowest BCUT2D eigenvalue weighted by molar-refractivity contribution is -0.127. The largest absolute Gasteiger partial charge is 0.356 e. The quantitative estimate of drug-likeness (QED) is 0.737. The van der Waals surface area contributed by atoms with E-state index >= 15 is 0 Å². The molecular formula is C23H23N3O2. The third-order valence-electron chi connectivity index (χ3n) is 6.16. The van der Waals surface area contributed by atoms with E-state index in [0.717, 1.165) is 34.1 Å². The minimum atomic E-state index is -0.509. The van der Waals surface area contributed by atoms with Crippen molar-refractivity contribution < 1.29 is 9.59 Å². The van der Waals surface area contributed by atoms with Crippen LogP contribution in [0.4, 0.5) is 0 Å². The van der Waals surface area contributed by atoms with Crippen molar-refractivity contribution in [1.82, 2.24) is 15.2 Å². The van der Waals surface area contributed by atoms with Gasteiger partial charge in [-0.3, -0.25) is 9.59 Å². The lowest BCUT2D eigenvalue weighted by atomic mass is 9.90. The van der Waals surface area contributed by atoms with Crippen molar-refractivity contribution in [1.29, 1.82) is 0 Å². The third kappa shape index (κ3) is 2.32. The molecule has 0 radical (unpaired) electrons. The average Bonchev–Trinajstić information content (AvgIpc) is 3.23. The maximum Gasteiger partial charge on any atom is 0.255 e. The number of hydrogen-bond donors (Lipinski definition) is 2. The second-order valence-corrected chi connectivity index (χ2v) is 7.80. The topological polar surface area (TPSA) is 65.2 Å². The Bertz CT molecular complexity index is 1100. The molecule has 2 aliphatic rings. The number of hydrogen-bond acceptors (Lipinski definition) is 2. The zero-order valence-corrected chi connectivity index (χ0v) is 16.0. The summed E-state index contributed by atoms with van der Waals surface area (Å²) in [6.45, 7) is 4.04. The minimum absolute atomic E-state index is 0.0609. The fourth-order valence-corrected chi connectivity index (χ4v) is 4.58. The smallest absolute Gasteiger partial charge is 0.255 e. The normalized spacial score (nSPS) is 21.2. The number of benzene rings is 2. The van der Waals surface area contributed by atoms with Crippen LogP contribution in [0, 0.1) is 0 Å². The van der Waals surface area contributed by atoms with Crippen molar-refractivity contribution in [3.63, 3.8) is 0 Å². The lowest BCUT2D eigenvalue weighted by Crippen LogP contribution is -2.53. The van der Waals surface area contributed by atoms with Crippen LogP contribution in [-0.4, -0.2) is 33.8 Å². The highest BCUT2D eigenvalue weighted by Gasteiger charge is 2.48. The van der Waals surface area contributed by atoms with Gasteiger partial charge in [-0.25, -0.2) is 0 Å². The van der Waals surface area contributed by atoms with Crippen LogP contribution in [0.25, 0.3) is 10.9 Å². The van der Waals surface area contributed by atoms with Crippen molar-refractivity contribution in [2.75, 3.05) is 0 Å². The molecule has 28 heavy (non-hydrogen) atoms. The summed E-state index contributed by atoms with van der Waals surface area (Å²) in [5.74, 6) is -0.134. The first-order valence-corrected chi connectivity index (χ1v) is 9.91. The van der Waals surface area contributed by atoms with E-state index < -0.39 is 6.04 Å². The molecular weight excluding hydrogens is 350 g/mol. The molecule has 0 fully saturated rings. The van der Waals surface area contributed by atoms with Crippen LogP contribution >= 0.6 is 0 Å². The van der Waals surface area contributed by atoms with E-state index in [1.165, 1.54) is 0 Å². The van der Waals surface area contributed by atoms with Crippen molar-refractivity contribution in [2.24, 2.45) is 0 Å².